The molecule has 31 heavy (non-hydrogen) atoms. The number of halogens is 1. The number of amides is 2. The molecule has 2 amide bonds. The third-order valence-electron chi connectivity index (χ3n) is 5.78. The van der Waals surface area contributed by atoms with E-state index in [4.69, 9.17) is 16.3 Å². The van der Waals surface area contributed by atoms with Gasteiger partial charge in [0.15, 0.2) is 0 Å². The number of benzene rings is 1. The fourth-order valence-corrected chi connectivity index (χ4v) is 4.11. The van der Waals surface area contributed by atoms with Gasteiger partial charge in [-0.3, -0.25) is 9.59 Å². The lowest BCUT2D eigenvalue weighted by molar-refractivity contribution is -0.126. The summed E-state index contributed by atoms with van der Waals surface area (Å²) in [4.78, 5) is 34.0. The molecule has 2 saturated heterocycles. The summed E-state index contributed by atoms with van der Waals surface area (Å²) in [5.41, 5.74) is 1.55. The molecule has 4 rings (SSSR count). The number of rotatable bonds is 5. The van der Waals surface area contributed by atoms with Crippen LogP contribution in [0.4, 0.5) is 5.82 Å². The Bertz CT molecular complexity index is 898. The second kappa shape index (κ2) is 10.1. The monoisotopic (exact) mass is 442 g/mol. The number of piperidine rings is 1. The maximum absolute atomic E-state index is 12.8. The molecule has 1 atom stereocenters. The summed E-state index contributed by atoms with van der Waals surface area (Å²) in [5, 5.41) is 3.60. The number of hydrogen-bond acceptors (Lipinski definition) is 5. The van der Waals surface area contributed by atoms with Gasteiger partial charge in [0.1, 0.15) is 5.82 Å². The minimum atomic E-state index is -0.203. The molecule has 3 heterocycles. The largest absolute Gasteiger partial charge is 0.378 e. The lowest BCUT2D eigenvalue weighted by atomic mass is 9.96. The molecular weight excluding hydrogens is 416 g/mol. The van der Waals surface area contributed by atoms with Crippen LogP contribution in [-0.4, -0.2) is 61.1 Å². The average molecular weight is 443 g/mol. The molecule has 2 aliphatic rings. The van der Waals surface area contributed by atoms with Crippen molar-refractivity contribution < 1.29 is 14.3 Å². The molecule has 164 valence electrons. The molecule has 0 saturated carbocycles. The minimum Gasteiger partial charge on any atom is -0.378 e. The molecule has 0 aliphatic carbocycles. The van der Waals surface area contributed by atoms with Gasteiger partial charge in [0.05, 0.1) is 19.1 Å². The van der Waals surface area contributed by atoms with Gasteiger partial charge in [-0.25, -0.2) is 4.98 Å². The Morgan fingerprint density at radius 3 is 2.58 bits per heavy atom. The lowest BCUT2D eigenvalue weighted by Crippen LogP contribution is -2.45. The number of morpholine rings is 1. The number of nitrogens with one attached hydrogen (secondary N) is 1. The smallest absolute Gasteiger partial charge is 0.253 e. The van der Waals surface area contributed by atoms with Crippen molar-refractivity contribution in [2.75, 3.05) is 44.3 Å². The zero-order chi connectivity index (χ0) is 21.6. The predicted octanol–water partition coefficient (Wildman–Crippen LogP) is 2.74. The van der Waals surface area contributed by atoms with E-state index >= 15 is 0 Å². The zero-order valence-electron chi connectivity index (χ0n) is 17.4. The first-order valence-corrected chi connectivity index (χ1v) is 11.1. The number of carbonyl (C=O) groups excluding carboxylic acids is 2. The van der Waals surface area contributed by atoms with Gasteiger partial charge in [-0.05, 0) is 48.7 Å². The standard InChI is InChI=1S/C23H27ClN4O3/c24-20-6-4-18(5-7-20)23(30)28-9-1-2-19(16-28)22(29)26-15-17-3-8-21(25-14-17)27-10-12-31-13-11-27/h3-8,14,19H,1-2,9-13,15-16H2,(H,26,29). The highest BCUT2D eigenvalue weighted by Gasteiger charge is 2.28. The summed E-state index contributed by atoms with van der Waals surface area (Å²) in [7, 11) is 0. The Labute approximate surface area is 187 Å². The molecule has 2 aliphatic heterocycles. The number of pyridine rings is 1. The molecule has 1 aromatic heterocycles. The summed E-state index contributed by atoms with van der Waals surface area (Å²) in [5.74, 6) is 0.649. The highest BCUT2D eigenvalue weighted by molar-refractivity contribution is 6.30. The quantitative estimate of drug-likeness (QED) is 0.770. The third-order valence-corrected chi connectivity index (χ3v) is 6.03. The second-order valence-corrected chi connectivity index (χ2v) is 8.38. The van der Waals surface area contributed by atoms with Crippen LogP contribution in [0.1, 0.15) is 28.8 Å². The van der Waals surface area contributed by atoms with Crippen LogP contribution in [0, 0.1) is 5.92 Å². The number of aromatic nitrogens is 1. The van der Waals surface area contributed by atoms with Gasteiger partial charge in [0.25, 0.3) is 5.91 Å². The van der Waals surface area contributed by atoms with Crippen LogP contribution >= 0.6 is 11.6 Å². The van der Waals surface area contributed by atoms with Crippen LogP contribution in [0.15, 0.2) is 42.6 Å². The molecule has 2 fully saturated rings. The molecular formula is C23H27ClN4O3. The summed E-state index contributed by atoms with van der Waals surface area (Å²) < 4.78 is 5.37. The van der Waals surface area contributed by atoms with Crippen molar-refractivity contribution >= 4 is 29.2 Å². The van der Waals surface area contributed by atoms with Crippen LogP contribution in [0.3, 0.4) is 0 Å². The highest BCUT2D eigenvalue weighted by atomic mass is 35.5. The lowest BCUT2D eigenvalue weighted by Gasteiger charge is -2.32. The Hall–Kier alpha value is -2.64. The van der Waals surface area contributed by atoms with Gasteiger partial charge >= 0.3 is 0 Å². The minimum absolute atomic E-state index is 0.0224. The van der Waals surface area contributed by atoms with Crippen LogP contribution in [0.2, 0.25) is 5.02 Å². The van der Waals surface area contributed by atoms with E-state index in [1.54, 1.807) is 29.2 Å². The van der Waals surface area contributed by atoms with E-state index in [0.29, 0.717) is 30.2 Å². The Morgan fingerprint density at radius 1 is 1.10 bits per heavy atom. The van der Waals surface area contributed by atoms with E-state index in [1.165, 1.54) is 0 Å². The molecule has 0 spiro atoms. The van der Waals surface area contributed by atoms with Gasteiger partial charge in [-0.15, -0.1) is 0 Å². The predicted molar refractivity (Wildman–Crippen MR) is 119 cm³/mol. The molecule has 2 aromatic rings. The van der Waals surface area contributed by atoms with Crippen LogP contribution in [0.5, 0.6) is 0 Å². The van der Waals surface area contributed by atoms with Crippen molar-refractivity contribution in [3.63, 3.8) is 0 Å². The first kappa shape index (κ1) is 21.6. The van der Waals surface area contributed by atoms with Crippen molar-refractivity contribution in [3.8, 4) is 0 Å². The Balaban J connectivity index is 1.29. The molecule has 1 N–H and O–H groups in total. The Kier molecular flexibility index (Phi) is 7.04. The maximum atomic E-state index is 12.8. The summed E-state index contributed by atoms with van der Waals surface area (Å²) in [6, 6.07) is 10.8. The summed E-state index contributed by atoms with van der Waals surface area (Å²) in [6.07, 6.45) is 3.40. The number of anilines is 1. The molecule has 0 bridgehead atoms. The van der Waals surface area contributed by atoms with E-state index in [-0.39, 0.29) is 17.7 Å². The summed E-state index contributed by atoms with van der Waals surface area (Å²) in [6.45, 7) is 4.65. The molecule has 1 unspecified atom stereocenters. The van der Waals surface area contributed by atoms with Gasteiger partial charge in [0.2, 0.25) is 5.91 Å². The molecule has 0 radical (unpaired) electrons. The van der Waals surface area contributed by atoms with Crippen molar-refractivity contribution in [3.05, 3.63) is 58.7 Å². The van der Waals surface area contributed by atoms with Crippen molar-refractivity contribution in [2.45, 2.75) is 19.4 Å². The number of carbonyl (C=O) groups is 2. The number of hydrogen-bond donors (Lipinski definition) is 1. The number of likely N-dealkylation sites (tertiary alicyclic amines) is 1. The van der Waals surface area contributed by atoms with E-state index in [1.807, 2.05) is 18.3 Å². The number of nitrogens with zero attached hydrogens (tertiary/aromatic N) is 3. The zero-order valence-corrected chi connectivity index (χ0v) is 18.2. The van der Waals surface area contributed by atoms with Crippen molar-refractivity contribution in [1.29, 1.82) is 0 Å². The average Bonchev–Trinajstić information content (AvgIpc) is 2.83. The first-order valence-electron chi connectivity index (χ1n) is 10.7. The van der Waals surface area contributed by atoms with Gasteiger partial charge < -0.3 is 19.9 Å². The molecule has 1 aromatic carbocycles. The van der Waals surface area contributed by atoms with E-state index in [0.717, 1.165) is 50.5 Å². The molecule has 7 nitrogen and oxygen atoms in total. The topological polar surface area (TPSA) is 74.8 Å². The van der Waals surface area contributed by atoms with Gasteiger partial charge in [0, 0.05) is 49.5 Å². The van der Waals surface area contributed by atoms with E-state index < -0.39 is 0 Å². The normalized spacial score (nSPS) is 19.2. The van der Waals surface area contributed by atoms with E-state index in [2.05, 4.69) is 15.2 Å². The van der Waals surface area contributed by atoms with Crippen LogP contribution < -0.4 is 10.2 Å². The van der Waals surface area contributed by atoms with Crippen LogP contribution in [-0.2, 0) is 16.1 Å². The summed E-state index contributed by atoms with van der Waals surface area (Å²) >= 11 is 5.91. The maximum Gasteiger partial charge on any atom is 0.253 e. The van der Waals surface area contributed by atoms with Crippen LogP contribution in [0.25, 0.3) is 0 Å². The van der Waals surface area contributed by atoms with Crippen molar-refractivity contribution in [2.24, 2.45) is 5.92 Å². The number of ether oxygens (including phenoxy) is 1. The highest BCUT2D eigenvalue weighted by Crippen LogP contribution is 2.20. The second-order valence-electron chi connectivity index (χ2n) is 7.94. The fraction of sp³-hybridized carbons (Fsp3) is 0.435. The third kappa shape index (κ3) is 5.54. The fourth-order valence-electron chi connectivity index (χ4n) is 3.98. The molecule has 8 heteroatoms. The SMILES string of the molecule is O=C(NCc1ccc(N2CCOCC2)nc1)C1CCCN(C(=O)c2ccc(Cl)cc2)C1. The Morgan fingerprint density at radius 2 is 1.87 bits per heavy atom. The van der Waals surface area contributed by atoms with Gasteiger partial charge in [-0.1, -0.05) is 17.7 Å². The van der Waals surface area contributed by atoms with Crippen molar-refractivity contribution in [1.82, 2.24) is 15.2 Å². The van der Waals surface area contributed by atoms with Gasteiger partial charge in [-0.2, -0.15) is 0 Å². The van der Waals surface area contributed by atoms with E-state index in [9.17, 15) is 9.59 Å². The first-order chi connectivity index (χ1) is 15.1.